The maximum Gasteiger partial charge on any atom is 0.260 e. The highest BCUT2D eigenvalue weighted by atomic mass is 32.2. The van der Waals surface area contributed by atoms with Crippen LogP contribution in [0.15, 0.2) is 71.8 Å². The molecule has 7 nitrogen and oxygen atoms in total. The van der Waals surface area contributed by atoms with Crippen LogP contribution in [0.2, 0.25) is 0 Å². The van der Waals surface area contributed by atoms with Crippen molar-refractivity contribution in [1.29, 1.82) is 0 Å². The molecule has 2 aromatic heterocycles. The highest BCUT2D eigenvalue weighted by molar-refractivity contribution is 7.89. The molecule has 2 aromatic carbocycles. The van der Waals surface area contributed by atoms with Crippen molar-refractivity contribution < 1.29 is 13.2 Å². The molecule has 0 spiro atoms. The molecule has 1 aliphatic heterocycles. The number of hydrogen-bond acceptors (Lipinski definition) is 6. The Bertz CT molecular complexity index is 1480. The number of hydrogen-bond donors (Lipinski definition) is 0. The van der Waals surface area contributed by atoms with E-state index >= 15 is 0 Å². The number of aromatic nitrogens is 2. The lowest BCUT2D eigenvalue weighted by Crippen LogP contribution is -2.32. The van der Waals surface area contributed by atoms with E-state index in [0.29, 0.717) is 23.8 Å². The molecule has 0 unspecified atom stereocenters. The summed E-state index contributed by atoms with van der Waals surface area (Å²) < 4.78 is 29.0. The van der Waals surface area contributed by atoms with Gasteiger partial charge in [-0.25, -0.2) is 13.4 Å². The first kappa shape index (κ1) is 25.5. The fourth-order valence-corrected chi connectivity index (χ4v) is 7.07. The molecule has 0 N–H and O–H groups in total. The fourth-order valence-electron chi connectivity index (χ4n) is 4.53. The van der Waals surface area contributed by atoms with Gasteiger partial charge in [0.05, 0.1) is 27.4 Å². The largest absolute Gasteiger partial charge is 0.278 e. The lowest BCUT2D eigenvalue weighted by atomic mass is 10.2. The topological polar surface area (TPSA) is 83.5 Å². The molecule has 1 amide bonds. The molecule has 0 bridgehead atoms. The van der Waals surface area contributed by atoms with Crippen LogP contribution in [-0.2, 0) is 23.0 Å². The molecule has 5 rings (SSSR count). The van der Waals surface area contributed by atoms with Gasteiger partial charge in [0.15, 0.2) is 5.13 Å². The summed E-state index contributed by atoms with van der Waals surface area (Å²) in [4.78, 5) is 24.8. The monoisotopic (exact) mass is 534 g/mol. The van der Waals surface area contributed by atoms with Crippen LogP contribution in [0.1, 0.15) is 54.2 Å². The maximum absolute atomic E-state index is 13.8. The minimum Gasteiger partial charge on any atom is -0.278 e. The number of anilines is 1. The Balaban J connectivity index is 1.46. The van der Waals surface area contributed by atoms with Gasteiger partial charge >= 0.3 is 0 Å². The minimum absolute atomic E-state index is 0.217. The third kappa shape index (κ3) is 5.58. The molecule has 192 valence electrons. The lowest BCUT2D eigenvalue weighted by molar-refractivity contribution is 0.0984. The smallest absolute Gasteiger partial charge is 0.260 e. The zero-order valence-electron chi connectivity index (χ0n) is 20.8. The van der Waals surface area contributed by atoms with Crippen molar-refractivity contribution in [1.82, 2.24) is 14.3 Å². The standard InChI is InChI=1S/C28H30N4O3S2/c1-2-21-10-15-25-26(19-21)36-28(30-25)32(20-23-9-5-6-16-29-23)27(33)22-11-13-24(14-12-22)37(34,35)31-17-7-3-4-8-18-31/h5-6,9-16,19H,2-4,7-8,17-18,20H2,1H3. The SMILES string of the molecule is CCc1ccc2nc(N(Cc3ccccn3)C(=O)c3ccc(S(=O)(=O)N4CCCCCC4)cc3)sc2c1. The van der Waals surface area contributed by atoms with Crippen molar-refractivity contribution in [2.75, 3.05) is 18.0 Å². The molecule has 1 aliphatic rings. The number of benzene rings is 2. The number of nitrogens with zero attached hydrogens (tertiary/aromatic N) is 4. The van der Waals surface area contributed by atoms with Crippen molar-refractivity contribution >= 4 is 42.6 Å². The van der Waals surface area contributed by atoms with Crippen LogP contribution in [-0.4, -0.2) is 41.7 Å². The number of amides is 1. The Hall–Kier alpha value is -3.14. The second-order valence-corrected chi connectivity index (χ2v) is 12.2. The summed E-state index contributed by atoms with van der Waals surface area (Å²) in [5.74, 6) is -0.251. The van der Waals surface area contributed by atoms with Crippen LogP contribution in [0.3, 0.4) is 0 Å². The van der Waals surface area contributed by atoms with Gasteiger partial charge in [-0.15, -0.1) is 0 Å². The summed E-state index contributed by atoms with van der Waals surface area (Å²) in [7, 11) is -3.58. The van der Waals surface area contributed by atoms with Gasteiger partial charge < -0.3 is 0 Å². The van der Waals surface area contributed by atoms with Crippen LogP contribution in [0.25, 0.3) is 10.2 Å². The van der Waals surface area contributed by atoms with E-state index in [0.717, 1.165) is 48.0 Å². The van der Waals surface area contributed by atoms with E-state index < -0.39 is 10.0 Å². The Labute approximate surface area is 221 Å². The second-order valence-electron chi connectivity index (χ2n) is 9.21. The molecule has 0 radical (unpaired) electrons. The third-order valence-electron chi connectivity index (χ3n) is 6.68. The van der Waals surface area contributed by atoms with Gasteiger partial charge in [-0.05, 0) is 73.4 Å². The first-order chi connectivity index (χ1) is 18.0. The van der Waals surface area contributed by atoms with Crippen molar-refractivity contribution in [3.8, 4) is 0 Å². The molecule has 1 fully saturated rings. The lowest BCUT2D eigenvalue weighted by Gasteiger charge is -2.21. The first-order valence-corrected chi connectivity index (χ1v) is 14.9. The quantitative estimate of drug-likeness (QED) is 0.305. The van der Waals surface area contributed by atoms with Gasteiger partial charge in [0.2, 0.25) is 10.0 Å². The van der Waals surface area contributed by atoms with Crippen LogP contribution in [0.5, 0.6) is 0 Å². The number of rotatable bonds is 7. The fraction of sp³-hybridized carbons (Fsp3) is 0.321. The normalized spacial score (nSPS) is 14.9. The molecule has 1 saturated heterocycles. The van der Waals surface area contributed by atoms with Crippen molar-refractivity contribution in [3.05, 3.63) is 83.7 Å². The summed E-state index contributed by atoms with van der Waals surface area (Å²) in [5, 5.41) is 0.583. The Morgan fingerprint density at radius 3 is 2.43 bits per heavy atom. The zero-order valence-corrected chi connectivity index (χ0v) is 22.5. The molecule has 4 aromatic rings. The van der Waals surface area contributed by atoms with E-state index in [9.17, 15) is 13.2 Å². The Morgan fingerprint density at radius 1 is 1.00 bits per heavy atom. The Morgan fingerprint density at radius 2 is 1.76 bits per heavy atom. The number of sulfonamides is 1. The molecule has 0 saturated carbocycles. The highest BCUT2D eigenvalue weighted by Crippen LogP contribution is 2.32. The van der Waals surface area contributed by atoms with Gasteiger partial charge in [0.25, 0.3) is 5.91 Å². The highest BCUT2D eigenvalue weighted by Gasteiger charge is 2.27. The molecule has 9 heteroatoms. The van der Waals surface area contributed by atoms with Gasteiger partial charge in [-0.1, -0.05) is 43.2 Å². The van der Waals surface area contributed by atoms with E-state index in [1.807, 2.05) is 24.3 Å². The molecular weight excluding hydrogens is 504 g/mol. The van der Waals surface area contributed by atoms with Gasteiger partial charge in [0, 0.05) is 24.8 Å². The van der Waals surface area contributed by atoms with E-state index in [1.165, 1.54) is 29.0 Å². The molecular formula is C28H30N4O3S2. The third-order valence-corrected chi connectivity index (χ3v) is 9.63. The number of pyridine rings is 1. The number of carbonyl (C=O) groups excluding carboxylic acids is 1. The van der Waals surface area contributed by atoms with Crippen LogP contribution >= 0.6 is 11.3 Å². The van der Waals surface area contributed by atoms with E-state index in [1.54, 1.807) is 27.5 Å². The van der Waals surface area contributed by atoms with Crippen LogP contribution < -0.4 is 4.90 Å². The summed E-state index contributed by atoms with van der Waals surface area (Å²) >= 11 is 1.47. The van der Waals surface area contributed by atoms with Gasteiger partial charge in [-0.2, -0.15) is 4.31 Å². The van der Waals surface area contributed by atoms with Crippen LogP contribution in [0, 0.1) is 0 Å². The van der Waals surface area contributed by atoms with E-state index in [-0.39, 0.29) is 17.3 Å². The molecule has 37 heavy (non-hydrogen) atoms. The average Bonchev–Trinajstić information content (AvgIpc) is 3.14. The summed E-state index contributed by atoms with van der Waals surface area (Å²) in [5.41, 5.74) is 3.20. The van der Waals surface area contributed by atoms with Gasteiger partial charge in [0.1, 0.15) is 0 Å². The summed E-state index contributed by atoms with van der Waals surface area (Å²) in [6, 6.07) is 18.0. The zero-order chi connectivity index (χ0) is 25.8. The molecule has 0 aliphatic carbocycles. The first-order valence-electron chi connectivity index (χ1n) is 12.7. The van der Waals surface area contributed by atoms with E-state index in [2.05, 4.69) is 24.0 Å². The predicted octanol–water partition coefficient (Wildman–Crippen LogP) is 5.67. The molecule has 3 heterocycles. The second kappa shape index (κ2) is 11.1. The number of carbonyl (C=O) groups is 1. The number of aryl methyl sites for hydroxylation is 1. The number of fused-ring (bicyclic) bond motifs is 1. The summed E-state index contributed by atoms with van der Waals surface area (Å²) in [6.07, 6.45) is 6.48. The van der Waals surface area contributed by atoms with Crippen molar-refractivity contribution in [3.63, 3.8) is 0 Å². The van der Waals surface area contributed by atoms with Gasteiger partial charge in [-0.3, -0.25) is 14.7 Å². The average molecular weight is 535 g/mol. The van der Waals surface area contributed by atoms with Crippen molar-refractivity contribution in [2.24, 2.45) is 0 Å². The molecule has 0 atom stereocenters. The van der Waals surface area contributed by atoms with E-state index in [4.69, 9.17) is 4.98 Å². The Kier molecular flexibility index (Phi) is 7.64. The number of thiazole rings is 1. The van der Waals surface area contributed by atoms with Crippen molar-refractivity contribution in [2.45, 2.75) is 50.5 Å². The maximum atomic E-state index is 13.8. The predicted molar refractivity (Wildman–Crippen MR) is 147 cm³/mol. The summed E-state index contributed by atoms with van der Waals surface area (Å²) in [6.45, 7) is 3.45. The van der Waals surface area contributed by atoms with Crippen LogP contribution in [0.4, 0.5) is 5.13 Å². The minimum atomic E-state index is -3.58.